The number of piperidine rings is 4. The summed E-state index contributed by atoms with van der Waals surface area (Å²) in [4.78, 5) is 29.7. The van der Waals surface area contributed by atoms with Crippen LogP contribution in [-0.4, -0.2) is 59.3 Å². The van der Waals surface area contributed by atoms with E-state index in [1.54, 1.807) is 0 Å². The fourth-order valence-corrected chi connectivity index (χ4v) is 9.15. The van der Waals surface area contributed by atoms with Crippen molar-refractivity contribution >= 4 is 17.8 Å². The van der Waals surface area contributed by atoms with Gasteiger partial charge in [-0.3, -0.25) is 9.69 Å². The number of benzene rings is 2. The van der Waals surface area contributed by atoms with Gasteiger partial charge in [0.2, 0.25) is 0 Å². The summed E-state index contributed by atoms with van der Waals surface area (Å²) in [5, 5.41) is 12.9. The molecule has 0 amide bonds. The van der Waals surface area contributed by atoms with Gasteiger partial charge in [-0.15, -0.1) is 0 Å². The monoisotopic (exact) mass is 518 g/mol. The Balaban J connectivity index is 1.28. The number of aliphatic hydroxyl groups is 1. The van der Waals surface area contributed by atoms with Crippen molar-refractivity contribution in [1.29, 1.82) is 0 Å². The van der Waals surface area contributed by atoms with E-state index < -0.39 is 29.6 Å². The maximum atomic E-state index is 13.0. The topological polar surface area (TPSA) is 88.5 Å². The largest absolute Gasteiger partial charge is 0.510 e. The van der Waals surface area contributed by atoms with Crippen molar-refractivity contribution in [1.82, 2.24) is 4.90 Å². The second kappa shape index (κ2) is 8.20. The van der Waals surface area contributed by atoms with Gasteiger partial charge < -0.3 is 24.2 Å². The van der Waals surface area contributed by atoms with Gasteiger partial charge >= 0.3 is 12.1 Å². The molecule has 0 aromatic heterocycles. The molecule has 1 aliphatic carbocycles. The Kier molecular flexibility index (Phi) is 5.17. The van der Waals surface area contributed by atoms with Gasteiger partial charge in [-0.1, -0.05) is 55.5 Å². The third kappa shape index (κ3) is 2.82. The fraction of sp³-hybridized carbons (Fsp3) is 0.533. The van der Waals surface area contributed by atoms with Crippen LogP contribution in [-0.2, 0) is 31.0 Å². The molecule has 8 rings (SSSR count). The molecule has 38 heavy (non-hydrogen) atoms. The highest BCUT2D eigenvalue weighted by Gasteiger charge is 2.83. The maximum absolute atomic E-state index is 13.0. The summed E-state index contributed by atoms with van der Waals surface area (Å²) in [5.74, 6) is -0.0846. The summed E-state index contributed by atoms with van der Waals surface area (Å²) >= 11 is 0. The van der Waals surface area contributed by atoms with E-state index in [1.807, 2.05) is 60.5 Å². The lowest BCUT2D eigenvalue weighted by molar-refractivity contribution is -0.252. The highest BCUT2D eigenvalue weighted by Crippen LogP contribution is 2.72. The van der Waals surface area contributed by atoms with Crippen molar-refractivity contribution in [3.8, 4) is 0 Å². The zero-order valence-electron chi connectivity index (χ0n) is 21.9. The van der Waals surface area contributed by atoms with Gasteiger partial charge in [-0.2, -0.15) is 0 Å². The lowest BCUT2D eigenvalue weighted by atomic mass is 9.61. The van der Waals surface area contributed by atoms with E-state index in [-0.39, 0.29) is 42.4 Å². The summed E-state index contributed by atoms with van der Waals surface area (Å²) in [7, 11) is 1.93. The van der Waals surface area contributed by atoms with Crippen molar-refractivity contribution in [2.75, 3.05) is 11.9 Å². The number of hydrogen-bond donors (Lipinski definition) is 1. The fourth-order valence-electron chi connectivity index (χ4n) is 9.15. The zero-order chi connectivity index (χ0) is 26.4. The minimum absolute atomic E-state index is 0.0256. The summed E-state index contributed by atoms with van der Waals surface area (Å²) in [6.07, 6.45) is 0.530. The Morgan fingerprint density at radius 2 is 1.82 bits per heavy atom. The van der Waals surface area contributed by atoms with Crippen molar-refractivity contribution in [2.45, 2.75) is 75.3 Å². The van der Waals surface area contributed by atoms with Crippen LogP contribution in [0.3, 0.4) is 0 Å². The number of esters is 1. The minimum atomic E-state index is -1.31. The Morgan fingerprint density at radius 3 is 2.55 bits per heavy atom. The predicted octanol–water partition coefficient (Wildman–Crippen LogP) is 3.81. The molecule has 5 aliphatic heterocycles. The molecule has 1 saturated carbocycles. The van der Waals surface area contributed by atoms with Crippen LogP contribution < -0.4 is 4.90 Å². The number of carbonyl (C=O) groups excluding carboxylic acids is 2. The molecule has 8 heteroatoms. The Labute approximate surface area is 222 Å². The number of anilines is 1. The molecule has 2 aromatic carbocycles. The van der Waals surface area contributed by atoms with E-state index in [0.717, 1.165) is 29.7 Å². The summed E-state index contributed by atoms with van der Waals surface area (Å²) < 4.78 is 17.8. The van der Waals surface area contributed by atoms with Gasteiger partial charge in [0.15, 0.2) is 12.0 Å². The third-order valence-corrected chi connectivity index (χ3v) is 10.3. The molecule has 4 saturated heterocycles. The van der Waals surface area contributed by atoms with E-state index >= 15 is 0 Å². The first-order valence-corrected chi connectivity index (χ1v) is 13.7. The van der Waals surface area contributed by atoms with Crippen LogP contribution in [0.2, 0.25) is 0 Å². The SMILES string of the molecule is CC[C@H]1[C@@H]2C[C@@H]3N([C@@H]1OC(=O)OCc1ccccc1)[C@H]1CC4(c5ccccc5N(C)[C@]34O)[C@H](OC(C)=O)[C@H]21. The highest BCUT2D eigenvalue weighted by molar-refractivity contribution is 5.71. The predicted molar refractivity (Wildman–Crippen MR) is 138 cm³/mol. The molecule has 5 fully saturated rings. The van der Waals surface area contributed by atoms with Crippen LogP contribution in [0.4, 0.5) is 10.5 Å². The van der Waals surface area contributed by atoms with Crippen molar-refractivity contribution < 1.29 is 28.9 Å². The molecule has 8 nitrogen and oxygen atoms in total. The molecule has 1 N–H and O–H groups in total. The number of fused-ring (bicyclic) bond motifs is 2. The first kappa shape index (κ1) is 24.0. The Bertz CT molecular complexity index is 1290. The number of hydrogen-bond acceptors (Lipinski definition) is 8. The van der Waals surface area contributed by atoms with Crippen LogP contribution in [0.5, 0.6) is 0 Å². The molecule has 6 aliphatic rings. The molecular formula is C30H34N2O6. The number of likely N-dealkylation sites (N-methyl/N-ethyl adjacent to an activating group) is 1. The Hall–Kier alpha value is -3.10. The van der Waals surface area contributed by atoms with Gasteiger partial charge in [-0.25, -0.2) is 4.79 Å². The average molecular weight is 519 g/mol. The molecule has 5 bridgehead atoms. The number of para-hydroxylation sites is 1. The Morgan fingerprint density at radius 1 is 1.08 bits per heavy atom. The molecule has 0 radical (unpaired) electrons. The van der Waals surface area contributed by atoms with Crippen LogP contribution in [0.15, 0.2) is 54.6 Å². The third-order valence-electron chi connectivity index (χ3n) is 10.3. The number of carbonyl (C=O) groups is 2. The lowest BCUT2D eigenvalue weighted by Crippen LogP contribution is -2.78. The summed E-state index contributed by atoms with van der Waals surface area (Å²) in [5.41, 5.74) is 0.847. The second-order valence-corrected chi connectivity index (χ2v) is 11.6. The van der Waals surface area contributed by atoms with Crippen molar-refractivity contribution in [2.24, 2.45) is 17.8 Å². The highest BCUT2D eigenvalue weighted by atomic mass is 16.7. The summed E-state index contributed by atoms with van der Waals surface area (Å²) in [6.45, 7) is 3.71. The van der Waals surface area contributed by atoms with Gasteiger partial charge in [0.25, 0.3) is 0 Å². The van der Waals surface area contributed by atoms with E-state index in [9.17, 15) is 14.7 Å². The normalized spacial score (nSPS) is 41.0. The van der Waals surface area contributed by atoms with Gasteiger partial charge in [-0.05, 0) is 42.4 Å². The van der Waals surface area contributed by atoms with E-state index in [2.05, 4.69) is 17.9 Å². The lowest BCUT2D eigenvalue weighted by Gasteiger charge is -2.64. The van der Waals surface area contributed by atoms with Gasteiger partial charge in [0.05, 0.1) is 11.5 Å². The standard InChI is InChI=1S/C30H34N2O6/c1-4-19-20-14-24-30(35)29(21-12-8-9-13-22(21)31(30)3)15-23(25(20)26(29)37-17(2)33)32(24)27(19)38-28(34)36-16-18-10-6-5-7-11-18/h5-13,19-20,23-27,35H,4,14-16H2,1-3H3/t19-,20-,23-,24-,25+,26+,27+,29?,30-/m0/s1. The van der Waals surface area contributed by atoms with Crippen molar-refractivity contribution in [3.63, 3.8) is 0 Å². The van der Waals surface area contributed by atoms with E-state index in [4.69, 9.17) is 14.2 Å². The maximum Gasteiger partial charge on any atom is 0.510 e. The van der Waals surface area contributed by atoms with Crippen molar-refractivity contribution in [3.05, 3.63) is 65.7 Å². The molecule has 10 atom stereocenters. The smallest absolute Gasteiger partial charge is 0.461 e. The van der Waals surface area contributed by atoms with Crippen LogP contribution in [0, 0.1) is 17.8 Å². The quantitative estimate of drug-likeness (QED) is 0.598. The molecule has 2 unspecified atom stereocenters. The van der Waals surface area contributed by atoms with Crippen LogP contribution >= 0.6 is 0 Å². The molecular weight excluding hydrogens is 484 g/mol. The van der Waals surface area contributed by atoms with Gasteiger partial charge in [0, 0.05) is 37.5 Å². The number of nitrogens with zero attached hydrogens (tertiary/aromatic N) is 2. The second-order valence-electron chi connectivity index (χ2n) is 11.6. The minimum Gasteiger partial charge on any atom is -0.461 e. The van der Waals surface area contributed by atoms with Crippen LogP contribution in [0.25, 0.3) is 0 Å². The van der Waals surface area contributed by atoms with Crippen LogP contribution in [0.1, 0.15) is 44.2 Å². The first-order chi connectivity index (χ1) is 18.3. The first-order valence-electron chi connectivity index (χ1n) is 13.7. The number of rotatable bonds is 5. The molecule has 200 valence electrons. The molecule has 5 heterocycles. The number of ether oxygens (including phenoxy) is 3. The summed E-state index contributed by atoms with van der Waals surface area (Å²) in [6, 6.07) is 17.4. The van der Waals surface area contributed by atoms with Gasteiger partial charge in [0.1, 0.15) is 12.7 Å². The average Bonchev–Trinajstić information content (AvgIpc) is 3.32. The zero-order valence-corrected chi connectivity index (χ0v) is 21.9. The molecule has 1 spiro atoms. The molecule has 2 aromatic rings. The van der Waals surface area contributed by atoms with E-state index in [0.29, 0.717) is 6.42 Å². The van der Waals surface area contributed by atoms with E-state index in [1.165, 1.54) is 6.92 Å².